The molecule has 1 aromatic heterocycles. The average molecular weight is 459 g/mol. The van der Waals surface area contributed by atoms with Gasteiger partial charge in [0.1, 0.15) is 12.3 Å². The number of esters is 2. The van der Waals surface area contributed by atoms with E-state index >= 15 is 0 Å². The molecule has 0 saturated carbocycles. The maximum absolute atomic E-state index is 12.1. The molecule has 2 aromatic carbocycles. The lowest BCUT2D eigenvalue weighted by atomic mass is 10.1. The van der Waals surface area contributed by atoms with Crippen molar-refractivity contribution in [1.29, 1.82) is 0 Å². The summed E-state index contributed by atoms with van der Waals surface area (Å²) in [4.78, 5) is 43.0. The molecule has 0 unspecified atom stereocenters. The van der Waals surface area contributed by atoms with E-state index in [1.54, 1.807) is 37.3 Å². The molecular weight excluding hydrogens is 440 g/mol. The zero-order chi connectivity index (χ0) is 20.8. The molecule has 0 aliphatic heterocycles. The average Bonchev–Trinajstić information content (AvgIpc) is 2.71. The van der Waals surface area contributed by atoms with Gasteiger partial charge < -0.3 is 14.5 Å². The first-order valence-electron chi connectivity index (χ1n) is 9.07. The fraction of sp³-hybridized carbons (Fsp3) is 0.238. The number of H-pyrrole nitrogens is 1. The van der Waals surface area contributed by atoms with Crippen molar-refractivity contribution in [2.45, 2.75) is 26.4 Å². The minimum absolute atomic E-state index is 0.0347. The van der Waals surface area contributed by atoms with E-state index in [0.717, 1.165) is 0 Å². The third-order valence-corrected chi connectivity index (χ3v) is 4.93. The van der Waals surface area contributed by atoms with Crippen LogP contribution in [0, 0.1) is 0 Å². The van der Waals surface area contributed by atoms with Gasteiger partial charge in [0.25, 0.3) is 5.56 Å². The molecule has 0 saturated heterocycles. The summed E-state index contributed by atoms with van der Waals surface area (Å²) in [5.74, 6) is -0.856. The Labute approximate surface area is 175 Å². The number of ether oxygens (including phenoxy) is 2. The monoisotopic (exact) mass is 458 g/mol. The highest BCUT2D eigenvalue weighted by Gasteiger charge is 2.12. The second kappa shape index (κ2) is 9.47. The maximum Gasteiger partial charge on any atom is 0.338 e. The number of hydrogen-bond acceptors (Lipinski definition) is 6. The van der Waals surface area contributed by atoms with Crippen molar-refractivity contribution in [2.75, 3.05) is 6.61 Å². The summed E-state index contributed by atoms with van der Waals surface area (Å²) in [5.41, 5.74) is 2.43. The van der Waals surface area contributed by atoms with E-state index in [9.17, 15) is 14.4 Å². The molecule has 29 heavy (non-hydrogen) atoms. The summed E-state index contributed by atoms with van der Waals surface area (Å²) in [5, 5.41) is 0. The first-order valence-corrected chi connectivity index (χ1v) is 9.86. The molecule has 3 rings (SSSR count). The highest BCUT2D eigenvalue weighted by Crippen LogP contribution is 2.20. The number of hydrogen-bond donors (Lipinski definition) is 1. The number of fused-ring (bicyclic) bond motifs is 1. The van der Waals surface area contributed by atoms with Gasteiger partial charge in [0.15, 0.2) is 0 Å². The van der Waals surface area contributed by atoms with Gasteiger partial charge in [0.2, 0.25) is 0 Å². The fourth-order valence-corrected chi connectivity index (χ4v) is 3.19. The number of carbonyl (C=O) groups is 2. The van der Waals surface area contributed by atoms with Gasteiger partial charge in [-0.25, -0.2) is 9.78 Å². The highest BCUT2D eigenvalue weighted by molar-refractivity contribution is 9.10. The zero-order valence-corrected chi connectivity index (χ0v) is 17.3. The van der Waals surface area contributed by atoms with E-state index in [1.165, 1.54) is 0 Å². The summed E-state index contributed by atoms with van der Waals surface area (Å²) in [6, 6.07) is 12.1. The highest BCUT2D eigenvalue weighted by atomic mass is 79.9. The first kappa shape index (κ1) is 20.7. The van der Waals surface area contributed by atoms with E-state index in [4.69, 9.17) is 9.47 Å². The molecule has 0 aliphatic carbocycles. The number of nitrogens with one attached hydrogen (secondary N) is 1. The van der Waals surface area contributed by atoms with E-state index in [2.05, 4.69) is 25.9 Å². The molecule has 0 aliphatic rings. The van der Waals surface area contributed by atoms with Crippen LogP contribution in [0.5, 0.6) is 0 Å². The van der Waals surface area contributed by atoms with Crippen molar-refractivity contribution in [3.05, 3.63) is 74.1 Å². The quantitative estimate of drug-likeness (QED) is 0.543. The van der Waals surface area contributed by atoms with Crippen LogP contribution >= 0.6 is 15.9 Å². The van der Waals surface area contributed by atoms with E-state index < -0.39 is 11.9 Å². The minimum Gasteiger partial charge on any atom is -0.462 e. The number of halogens is 1. The lowest BCUT2D eigenvalue weighted by molar-refractivity contribution is -0.144. The molecule has 0 bridgehead atoms. The van der Waals surface area contributed by atoms with Crippen LogP contribution in [-0.4, -0.2) is 28.5 Å². The van der Waals surface area contributed by atoms with Crippen molar-refractivity contribution < 1.29 is 19.1 Å². The van der Waals surface area contributed by atoms with Crippen LogP contribution in [0.2, 0.25) is 0 Å². The van der Waals surface area contributed by atoms with Crippen LogP contribution in [0.15, 0.2) is 51.7 Å². The van der Waals surface area contributed by atoms with Gasteiger partial charge in [0.05, 0.1) is 29.6 Å². The Bertz CT molecular complexity index is 1110. The largest absolute Gasteiger partial charge is 0.462 e. The molecule has 0 fully saturated rings. The summed E-state index contributed by atoms with van der Waals surface area (Å²) in [6.07, 6.45) is 0.217. The number of para-hydroxylation sites is 2. The van der Waals surface area contributed by atoms with Gasteiger partial charge in [-0.2, -0.15) is 0 Å². The van der Waals surface area contributed by atoms with E-state index in [-0.39, 0.29) is 25.0 Å². The van der Waals surface area contributed by atoms with Crippen LogP contribution in [0.4, 0.5) is 0 Å². The Morgan fingerprint density at radius 1 is 1.14 bits per heavy atom. The number of rotatable bonds is 7. The van der Waals surface area contributed by atoms with Crippen LogP contribution in [0.3, 0.4) is 0 Å². The van der Waals surface area contributed by atoms with E-state index in [1.807, 2.05) is 12.1 Å². The topological polar surface area (TPSA) is 98.3 Å². The number of aromatic amines is 1. The Morgan fingerprint density at radius 2 is 1.93 bits per heavy atom. The molecule has 0 radical (unpaired) electrons. The molecule has 0 atom stereocenters. The van der Waals surface area contributed by atoms with Crippen molar-refractivity contribution >= 4 is 38.9 Å². The molecule has 1 N–H and O–H groups in total. The van der Waals surface area contributed by atoms with Gasteiger partial charge in [-0.05, 0) is 31.2 Å². The lowest BCUT2D eigenvalue weighted by Gasteiger charge is -2.09. The second-order valence-corrected chi connectivity index (χ2v) is 7.07. The molecule has 150 valence electrons. The number of aromatic nitrogens is 2. The van der Waals surface area contributed by atoms with Crippen LogP contribution < -0.4 is 5.56 Å². The molecule has 8 heteroatoms. The van der Waals surface area contributed by atoms with Crippen LogP contribution in [-0.2, 0) is 27.3 Å². The molecule has 1 heterocycles. The normalized spacial score (nSPS) is 10.7. The number of carbonyl (C=O) groups excluding carboxylic acids is 2. The summed E-state index contributed by atoms with van der Waals surface area (Å²) >= 11 is 3.37. The molecular formula is C21H19BrN2O5. The lowest BCUT2D eigenvalue weighted by Crippen LogP contribution is -2.17. The van der Waals surface area contributed by atoms with Crippen LogP contribution in [0.25, 0.3) is 11.0 Å². The Hall–Kier alpha value is -3.00. The maximum atomic E-state index is 12.1. The van der Waals surface area contributed by atoms with Gasteiger partial charge in [-0.1, -0.05) is 34.1 Å². The van der Waals surface area contributed by atoms with Gasteiger partial charge in [-0.3, -0.25) is 9.59 Å². The van der Waals surface area contributed by atoms with Gasteiger partial charge in [0, 0.05) is 16.5 Å². The third-order valence-electron chi connectivity index (χ3n) is 4.19. The van der Waals surface area contributed by atoms with Crippen molar-refractivity contribution in [1.82, 2.24) is 9.97 Å². The predicted molar refractivity (Wildman–Crippen MR) is 111 cm³/mol. The Morgan fingerprint density at radius 3 is 2.69 bits per heavy atom. The number of benzene rings is 2. The summed E-state index contributed by atoms with van der Waals surface area (Å²) in [7, 11) is 0. The van der Waals surface area contributed by atoms with Crippen molar-refractivity contribution in [3.8, 4) is 0 Å². The molecule has 0 amide bonds. The SMILES string of the molecule is CCOC(=O)c1ccc(COC(=O)CCc2nc3ccccc3[nH]c2=O)c(Br)c1. The van der Waals surface area contributed by atoms with Crippen molar-refractivity contribution in [2.24, 2.45) is 0 Å². The summed E-state index contributed by atoms with van der Waals surface area (Å²) < 4.78 is 10.9. The predicted octanol–water partition coefficient (Wildman–Crippen LogP) is 3.54. The van der Waals surface area contributed by atoms with Gasteiger partial charge >= 0.3 is 11.9 Å². The van der Waals surface area contributed by atoms with Crippen molar-refractivity contribution in [3.63, 3.8) is 0 Å². The summed E-state index contributed by atoms with van der Waals surface area (Å²) in [6.45, 7) is 2.08. The van der Waals surface area contributed by atoms with E-state index in [0.29, 0.717) is 38.9 Å². The first-order chi connectivity index (χ1) is 14.0. The van der Waals surface area contributed by atoms with Gasteiger partial charge in [-0.15, -0.1) is 0 Å². The van der Waals surface area contributed by atoms with Crippen LogP contribution in [0.1, 0.15) is 35.0 Å². The number of aryl methyl sites for hydroxylation is 1. The minimum atomic E-state index is -0.444. The standard InChI is InChI=1S/C21H19BrN2O5/c1-2-28-21(27)13-7-8-14(15(22)11-13)12-29-19(25)10-9-18-20(26)24-17-6-4-3-5-16(17)23-18/h3-8,11H,2,9-10,12H2,1H3,(H,24,26). The smallest absolute Gasteiger partial charge is 0.338 e. The Kier molecular flexibility index (Phi) is 6.77. The Balaban J connectivity index is 1.57. The molecule has 7 nitrogen and oxygen atoms in total. The second-order valence-electron chi connectivity index (χ2n) is 6.22. The molecule has 3 aromatic rings. The number of nitrogens with zero attached hydrogens (tertiary/aromatic N) is 1. The fourth-order valence-electron chi connectivity index (χ4n) is 2.69. The zero-order valence-electron chi connectivity index (χ0n) is 15.7. The third kappa shape index (κ3) is 5.29. The molecule has 0 spiro atoms.